The van der Waals surface area contributed by atoms with Gasteiger partial charge in [-0.2, -0.15) is 0 Å². The molecule has 3 N–H and O–H groups in total. The first-order valence-corrected chi connectivity index (χ1v) is 16.0. The second kappa shape index (κ2) is 14.0. The molecule has 1 saturated heterocycles. The summed E-state index contributed by atoms with van der Waals surface area (Å²) in [4.78, 5) is 29.2. The largest absolute Gasteiger partial charge is 0.486 e. The van der Waals surface area contributed by atoms with Gasteiger partial charge in [0, 0.05) is 64.0 Å². The fourth-order valence-electron chi connectivity index (χ4n) is 6.06. The quantitative estimate of drug-likeness (QED) is 0.285. The van der Waals surface area contributed by atoms with Crippen LogP contribution in [0, 0.1) is 6.92 Å². The molecule has 0 bridgehead atoms. The summed E-state index contributed by atoms with van der Waals surface area (Å²) < 4.78 is 11.3. The number of anilines is 2. The number of fused-ring (bicyclic) bond motifs is 1. The van der Waals surface area contributed by atoms with E-state index in [9.17, 15) is 9.90 Å². The number of rotatable bonds is 12. The maximum absolute atomic E-state index is 13.3. The van der Waals surface area contributed by atoms with Crippen molar-refractivity contribution in [3.63, 3.8) is 0 Å². The Morgan fingerprint density at radius 1 is 1.11 bits per heavy atom. The van der Waals surface area contributed by atoms with Crippen LogP contribution >= 0.6 is 0 Å². The van der Waals surface area contributed by atoms with E-state index in [1.54, 1.807) is 0 Å². The lowest BCUT2D eigenvalue weighted by molar-refractivity contribution is 0.0841. The minimum atomic E-state index is -0.677. The zero-order valence-corrected chi connectivity index (χ0v) is 25.9. The van der Waals surface area contributed by atoms with Crippen molar-refractivity contribution < 1.29 is 19.1 Å². The molecule has 2 aliphatic heterocycles. The van der Waals surface area contributed by atoms with Crippen molar-refractivity contribution in [1.29, 1.82) is 0 Å². The second-order valence-corrected chi connectivity index (χ2v) is 12.2. The van der Waals surface area contributed by atoms with Gasteiger partial charge in [0.2, 0.25) is 0 Å². The predicted octanol–water partition coefficient (Wildman–Crippen LogP) is 3.21. The van der Waals surface area contributed by atoms with Gasteiger partial charge in [0.1, 0.15) is 24.0 Å². The van der Waals surface area contributed by atoms with E-state index in [-0.39, 0.29) is 12.5 Å². The fraction of sp³-hybridized carbons (Fsp3) is 0.545. The Balaban J connectivity index is 1.01. The molecule has 3 aliphatic rings. The van der Waals surface area contributed by atoms with Crippen LogP contribution < -0.4 is 20.3 Å². The van der Waals surface area contributed by atoms with Crippen LogP contribution in [0.25, 0.3) is 0 Å². The molecule has 1 unspecified atom stereocenters. The van der Waals surface area contributed by atoms with Crippen LogP contribution in [0.1, 0.15) is 59.1 Å². The molecular formula is C33H45N7O4. The zero-order chi connectivity index (χ0) is 30.5. The lowest BCUT2D eigenvalue weighted by Crippen LogP contribution is -2.46. The highest BCUT2D eigenvalue weighted by Crippen LogP contribution is 2.27. The topological polar surface area (TPSA) is 119 Å². The second-order valence-electron chi connectivity index (χ2n) is 12.2. The number of carbonyl (C=O) groups is 1. The van der Waals surface area contributed by atoms with Crippen molar-refractivity contribution in [3.8, 4) is 5.75 Å². The van der Waals surface area contributed by atoms with E-state index in [1.165, 1.54) is 23.9 Å². The average Bonchev–Trinajstić information content (AvgIpc) is 3.44. The number of likely N-dealkylation sites (N-methyl/N-ethyl adjacent to an activating group) is 1. The Kier molecular flexibility index (Phi) is 9.63. The predicted molar refractivity (Wildman–Crippen MR) is 169 cm³/mol. The molecular weight excluding hydrogens is 558 g/mol. The number of aryl methyl sites for hydroxylation is 1. The van der Waals surface area contributed by atoms with Crippen LogP contribution in [0.15, 0.2) is 41.1 Å². The number of ether oxygens (including phenoxy) is 1. The van der Waals surface area contributed by atoms with Crippen LogP contribution in [0.3, 0.4) is 0 Å². The van der Waals surface area contributed by atoms with E-state index in [0.29, 0.717) is 24.8 Å². The number of piperazine rings is 1. The third kappa shape index (κ3) is 7.51. The summed E-state index contributed by atoms with van der Waals surface area (Å²) in [5.41, 5.74) is 3.90. The molecule has 4 heterocycles. The van der Waals surface area contributed by atoms with Gasteiger partial charge in [0.25, 0.3) is 5.91 Å². The summed E-state index contributed by atoms with van der Waals surface area (Å²) in [6.07, 6.45) is 5.12. The van der Waals surface area contributed by atoms with Crippen LogP contribution in [0.2, 0.25) is 0 Å². The number of aromatic nitrogens is 2. The molecule has 2 aromatic heterocycles. The van der Waals surface area contributed by atoms with Crippen molar-refractivity contribution in [3.05, 3.63) is 64.9 Å². The van der Waals surface area contributed by atoms with Gasteiger partial charge in [0.05, 0.1) is 11.8 Å². The van der Waals surface area contributed by atoms with Crippen LogP contribution in [0.4, 0.5) is 11.6 Å². The van der Waals surface area contributed by atoms with Crippen LogP contribution in [0.5, 0.6) is 5.75 Å². The fourth-order valence-corrected chi connectivity index (χ4v) is 6.06. The minimum absolute atomic E-state index is 0.186. The average molecular weight is 604 g/mol. The number of oxazole rings is 1. The molecule has 1 saturated carbocycles. The molecule has 44 heavy (non-hydrogen) atoms. The molecule has 1 amide bonds. The van der Waals surface area contributed by atoms with Gasteiger partial charge in [-0.05, 0) is 74.5 Å². The van der Waals surface area contributed by atoms with Gasteiger partial charge in [0.15, 0.2) is 12.2 Å². The summed E-state index contributed by atoms with van der Waals surface area (Å²) in [6.45, 7) is 11.5. The minimum Gasteiger partial charge on any atom is -0.486 e. The van der Waals surface area contributed by atoms with Crippen molar-refractivity contribution in [2.24, 2.45) is 0 Å². The standard InChI is InChI=1S/C33H45N7O4/c1-3-38-11-13-40(14-12-38)32-17-26(16-31(37-32)36-27-5-4-6-27)33(42)34-18-28(41)20-39-10-9-24-15-29(8-7-25(24)19-39)43-21-30-23(2)35-22-44-30/h7-8,15-17,22,27-28,41H,3-6,9-14,18-21H2,1-2H3,(H,34,42)(H,36,37). The number of β-amino-alcohol motifs (C(OH)–C–C–N with tert-alkyl or cyclic N) is 1. The first-order valence-electron chi connectivity index (χ1n) is 16.0. The third-order valence-corrected chi connectivity index (χ3v) is 9.13. The SMILES string of the molecule is CCN1CCN(c2cc(C(=O)NCC(O)CN3CCc4cc(OCc5ocnc5C)ccc4C3)cc(NC3CCC3)n2)CC1. The highest BCUT2D eigenvalue weighted by molar-refractivity contribution is 5.95. The zero-order valence-electron chi connectivity index (χ0n) is 25.9. The number of hydrogen-bond donors (Lipinski definition) is 3. The van der Waals surface area contributed by atoms with Gasteiger partial charge < -0.3 is 34.7 Å². The molecule has 0 spiro atoms. The Morgan fingerprint density at radius 2 is 1.95 bits per heavy atom. The van der Waals surface area contributed by atoms with Crippen LogP contribution in [-0.4, -0.2) is 95.3 Å². The molecule has 11 heteroatoms. The Labute approximate surface area is 259 Å². The van der Waals surface area contributed by atoms with Crippen molar-refractivity contribution >= 4 is 17.5 Å². The number of pyridine rings is 1. The summed E-state index contributed by atoms with van der Waals surface area (Å²) in [5.74, 6) is 2.95. The first kappa shape index (κ1) is 30.4. The van der Waals surface area contributed by atoms with Gasteiger partial charge >= 0.3 is 0 Å². The Bertz CT molecular complexity index is 1420. The number of aliphatic hydroxyl groups is 1. The highest BCUT2D eigenvalue weighted by atomic mass is 16.5. The van der Waals surface area contributed by atoms with E-state index < -0.39 is 6.10 Å². The molecule has 0 radical (unpaired) electrons. The number of carbonyl (C=O) groups excluding carboxylic acids is 1. The van der Waals surface area contributed by atoms with Crippen molar-refractivity contribution in [1.82, 2.24) is 25.1 Å². The molecule has 1 aliphatic carbocycles. The van der Waals surface area contributed by atoms with E-state index in [0.717, 1.165) is 93.9 Å². The van der Waals surface area contributed by atoms with Gasteiger partial charge in [-0.25, -0.2) is 9.97 Å². The van der Waals surface area contributed by atoms with Gasteiger partial charge in [-0.15, -0.1) is 0 Å². The number of aliphatic hydroxyl groups excluding tert-OH is 1. The first-order chi connectivity index (χ1) is 21.4. The molecule has 236 valence electrons. The summed E-state index contributed by atoms with van der Waals surface area (Å²) in [6, 6.07) is 10.3. The molecule has 3 aromatic rings. The van der Waals surface area contributed by atoms with Gasteiger partial charge in [-0.3, -0.25) is 9.69 Å². The lowest BCUT2D eigenvalue weighted by Gasteiger charge is -2.35. The number of amides is 1. The van der Waals surface area contributed by atoms with Crippen molar-refractivity contribution in [2.75, 3.05) is 62.6 Å². The van der Waals surface area contributed by atoms with Crippen molar-refractivity contribution in [2.45, 2.75) is 64.8 Å². The number of nitrogens with zero attached hydrogens (tertiary/aromatic N) is 5. The maximum atomic E-state index is 13.3. The number of hydrogen-bond acceptors (Lipinski definition) is 10. The third-order valence-electron chi connectivity index (χ3n) is 9.13. The normalized spacial score (nSPS) is 18.4. The van der Waals surface area contributed by atoms with E-state index in [1.807, 2.05) is 25.1 Å². The molecule has 1 atom stereocenters. The molecule has 2 fully saturated rings. The Morgan fingerprint density at radius 3 is 2.68 bits per heavy atom. The van der Waals surface area contributed by atoms with Gasteiger partial charge in [-0.1, -0.05) is 13.0 Å². The Hall–Kier alpha value is -3.67. The van der Waals surface area contributed by atoms with E-state index in [2.05, 4.69) is 49.4 Å². The summed E-state index contributed by atoms with van der Waals surface area (Å²) in [5, 5.41) is 17.4. The van der Waals surface area contributed by atoms with E-state index in [4.69, 9.17) is 14.1 Å². The number of benzene rings is 1. The summed E-state index contributed by atoms with van der Waals surface area (Å²) >= 11 is 0. The van der Waals surface area contributed by atoms with Crippen LogP contribution in [-0.2, 0) is 19.6 Å². The monoisotopic (exact) mass is 603 g/mol. The maximum Gasteiger partial charge on any atom is 0.251 e. The molecule has 1 aromatic carbocycles. The number of nitrogens with one attached hydrogen (secondary N) is 2. The highest BCUT2D eigenvalue weighted by Gasteiger charge is 2.23. The molecule has 11 nitrogen and oxygen atoms in total. The summed E-state index contributed by atoms with van der Waals surface area (Å²) in [7, 11) is 0. The molecule has 6 rings (SSSR count). The van der Waals surface area contributed by atoms with E-state index >= 15 is 0 Å². The lowest BCUT2D eigenvalue weighted by atomic mass is 9.93. The smallest absolute Gasteiger partial charge is 0.251 e.